The number of ketones is 2. The maximum atomic E-state index is 14.5. The SMILES string of the molecule is CC(=O)ONC12C(C)C=C3OC(=O)C(C)(O)C3(C)C1CC1C3C(OC(C)=O)C(=N)C4(O)CCCC(O)C4(C(C)=O)C3CC(O)C12C(C)=O. The summed E-state index contributed by atoms with van der Waals surface area (Å²) < 4.78 is 11.5. The predicted molar refractivity (Wildman–Crippen MR) is 163 cm³/mol. The van der Waals surface area contributed by atoms with Crippen molar-refractivity contribution in [2.45, 2.75) is 116 Å². The van der Waals surface area contributed by atoms with Crippen LogP contribution in [0.5, 0.6) is 0 Å². The maximum absolute atomic E-state index is 14.5. The Morgan fingerprint density at radius 1 is 0.958 bits per heavy atom. The van der Waals surface area contributed by atoms with Crippen molar-refractivity contribution < 1.29 is 58.7 Å². The Kier molecular flexibility index (Phi) is 7.60. The summed E-state index contributed by atoms with van der Waals surface area (Å²) in [4.78, 5) is 72.3. The molecule has 14 heteroatoms. The van der Waals surface area contributed by atoms with Crippen LogP contribution < -0.4 is 5.48 Å². The van der Waals surface area contributed by atoms with Gasteiger partial charge in [0, 0.05) is 25.7 Å². The molecule has 1 saturated heterocycles. The van der Waals surface area contributed by atoms with Crippen molar-refractivity contribution in [1.82, 2.24) is 5.48 Å². The minimum Gasteiger partial charge on any atom is -0.456 e. The number of esters is 2. The molecule has 14 unspecified atom stereocenters. The molecule has 6 N–H and O–H groups in total. The second-order valence-electron chi connectivity index (χ2n) is 15.4. The molecule has 0 aromatic rings. The smallest absolute Gasteiger partial charge is 0.343 e. The van der Waals surface area contributed by atoms with Gasteiger partial charge in [-0.15, -0.1) is 5.48 Å². The van der Waals surface area contributed by atoms with E-state index < -0.39 is 116 Å². The van der Waals surface area contributed by atoms with Gasteiger partial charge in [-0.2, -0.15) is 0 Å². The van der Waals surface area contributed by atoms with Crippen LogP contribution in [-0.4, -0.2) is 90.7 Å². The van der Waals surface area contributed by atoms with E-state index >= 15 is 0 Å². The molecular formula is C34H46N2O12. The van der Waals surface area contributed by atoms with Crippen LogP contribution in [-0.2, 0) is 38.3 Å². The van der Waals surface area contributed by atoms with Crippen LogP contribution in [0.15, 0.2) is 11.8 Å². The summed E-state index contributed by atoms with van der Waals surface area (Å²) in [6, 6.07) is 0. The third-order valence-electron chi connectivity index (χ3n) is 13.9. The number of hydroxylamine groups is 1. The van der Waals surface area contributed by atoms with Gasteiger partial charge < -0.3 is 40.1 Å². The average Bonchev–Trinajstić information content (AvgIpc) is 3.39. The van der Waals surface area contributed by atoms with E-state index in [9.17, 15) is 49.8 Å². The Balaban J connectivity index is 1.69. The molecule has 6 rings (SSSR count). The van der Waals surface area contributed by atoms with E-state index in [-0.39, 0.29) is 37.9 Å². The first-order valence-corrected chi connectivity index (χ1v) is 16.6. The van der Waals surface area contributed by atoms with E-state index in [1.807, 2.05) is 0 Å². The number of carbonyl (C=O) groups is 5. The summed E-state index contributed by atoms with van der Waals surface area (Å²) in [6.45, 7) is 9.40. The first-order valence-electron chi connectivity index (χ1n) is 16.6. The monoisotopic (exact) mass is 674 g/mol. The van der Waals surface area contributed by atoms with Gasteiger partial charge in [0.2, 0.25) is 0 Å². The summed E-state index contributed by atoms with van der Waals surface area (Å²) in [5, 5.41) is 57.9. The molecule has 5 fully saturated rings. The Morgan fingerprint density at radius 3 is 2.12 bits per heavy atom. The van der Waals surface area contributed by atoms with E-state index in [0.29, 0.717) is 0 Å². The zero-order valence-corrected chi connectivity index (χ0v) is 28.3. The number of ether oxygens (including phenoxy) is 2. The van der Waals surface area contributed by atoms with Crippen LogP contribution in [0.1, 0.15) is 80.6 Å². The van der Waals surface area contributed by atoms with Gasteiger partial charge >= 0.3 is 17.9 Å². The lowest BCUT2D eigenvalue weighted by Crippen LogP contribution is -2.81. The first kappa shape index (κ1) is 34.8. The Labute approximate surface area is 278 Å². The summed E-state index contributed by atoms with van der Waals surface area (Å²) in [6.07, 6.45) is -3.04. The van der Waals surface area contributed by atoms with E-state index in [0.717, 1.165) is 13.8 Å². The normalized spacial score (nSPS) is 50.4. The quantitative estimate of drug-likeness (QED) is 0.134. The van der Waals surface area contributed by atoms with Gasteiger partial charge in [-0.3, -0.25) is 19.2 Å². The average molecular weight is 675 g/mol. The van der Waals surface area contributed by atoms with Crippen LogP contribution >= 0.6 is 0 Å². The highest BCUT2D eigenvalue weighted by atomic mass is 16.7. The van der Waals surface area contributed by atoms with Crippen LogP contribution in [0.2, 0.25) is 0 Å². The number of Topliss-reactive ketones (excluding diaryl/α,β-unsaturated/α-hetero) is 2. The molecule has 0 aromatic carbocycles. The topological polar surface area (TPSA) is 230 Å². The summed E-state index contributed by atoms with van der Waals surface area (Å²) in [5.74, 6) is -8.56. The van der Waals surface area contributed by atoms with E-state index in [1.165, 1.54) is 20.8 Å². The predicted octanol–water partition coefficient (Wildman–Crippen LogP) is 0.665. The molecule has 14 atom stereocenters. The minimum atomic E-state index is -2.23. The van der Waals surface area contributed by atoms with Crippen molar-refractivity contribution in [3.05, 3.63) is 11.8 Å². The van der Waals surface area contributed by atoms with Gasteiger partial charge in [0.15, 0.2) is 5.60 Å². The maximum Gasteiger partial charge on any atom is 0.343 e. The molecule has 6 aliphatic rings. The molecule has 0 spiro atoms. The highest BCUT2D eigenvalue weighted by molar-refractivity contribution is 6.04. The van der Waals surface area contributed by atoms with Crippen molar-refractivity contribution >= 4 is 35.2 Å². The van der Waals surface area contributed by atoms with Crippen molar-refractivity contribution in [1.29, 1.82) is 5.41 Å². The van der Waals surface area contributed by atoms with Crippen LogP contribution in [0.25, 0.3) is 0 Å². The molecule has 0 amide bonds. The van der Waals surface area contributed by atoms with Gasteiger partial charge in [-0.25, -0.2) is 4.79 Å². The Hall–Kier alpha value is -3.04. The third kappa shape index (κ3) is 3.60. The molecule has 0 aromatic heterocycles. The number of carbonyl (C=O) groups excluding carboxylic acids is 5. The standard InChI is InChI=1S/C34H46N2O12/c1-14-11-24-29(6,30(7,44)28(43)47-24)21-12-19-25-20(13-23(42)33(19,16(3)38)34(14,21)36-48-18(5)40)32(15(2)37)22(41)9-8-10-31(32,45)27(35)26(25)46-17(4)39/h11,14,19-23,25-26,35-36,41-42,44-45H,8-10,12-13H2,1-7H3. The first-order chi connectivity index (χ1) is 22.2. The Bertz CT molecular complexity index is 1560. The lowest BCUT2D eigenvalue weighted by Gasteiger charge is -2.67. The second-order valence-corrected chi connectivity index (χ2v) is 15.4. The highest BCUT2D eigenvalue weighted by Crippen LogP contribution is 2.76. The fraction of sp³-hybridized carbons (Fsp3) is 0.765. The number of aliphatic hydroxyl groups is 4. The second kappa shape index (κ2) is 10.5. The lowest BCUT2D eigenvalue weighted by atomic mass is 9.38. The molecule has 264 valence electrons. The zero-order valence-electron chi connectivity index (χ0n) is 28.3. The van der Waals surface area contributed by atoms with E-state index in [2.05, 4.69) is 5.48 Å². The number of nitrogens with one attached hydrogen (secondary N) is 2. The summed E-state index contributed by atoms with van der Waals surface area (Å²) in [7, 11) is 0. The van der Waals surface area contributed by atoms with Gasteiger partial charge in [-0.05, 0) is 83.6 Å². The molecule has 48 heavy (non-hydrogen) atoms. The van der Waals surface area contributed by atoms with Crippen LogP contribution in [0.3, 0.4) is 0 Å². The van der Waals surface area contributed by atoms with Gasteiger partial charge in [0.25, 0.3) is 0 Å². The third-order valence-corrected chi connectivity index (χ3v) is 13.9. The molecule has 1 aliphatic heterocycles. The number of hydrogen-bond acceptors (Lipinski definition) is 14. The van der Waals surface area contributed by atoms with E-state index in [4.69, 9.17) is 14.3 Å². The fourth-order valence-electron chi connectivity index (χ4n) is 12.1. The van der Waals surface area contributed by atoms with Gasteiger partial charge in [0.1, 0.15) is 29.0 Å². The summed E-state index contributed by atoms with van der Waals surface area (Å²) in [5.41, 5.74) is -9.17. The molecule has 0 radical (unpaired) electrons. The summed E-state index contributed by atoms with van der Waals surface area (Å²) >= 11 is 0. The molecule has 4 saturated carbocycles. The number of fused-ring (bicyclic) bond motifs is 9. The van der Waals surface area contributed by atoms with Crippen molar-refractivity contribution in [3.8, 4) is 0 Å². The minimum absolute atomic E-state index is 0.0760. The zero-order chi connectivity index (χ0) is 35.7. The van der Waals surface area contributed by atoms with Crippen LogP contribution in [0.4, 0.5) is 0 Å². The molecule has 5 aliphatic carbocycles. The van der Waals surface area contributed by atoms with Crippen molar-refractivity contribution in [2.24, 2.45) is 45.8 Å². The molecule has 0 bridgehead atoms. The largest absolute Gasteiger partial charge is 0.456 e. The number of rotatable bonds is 5. The molecule has 14 nitrogen and oxygen atoms in total. The van der Waals surface area contributed by atoms with Gasteiger partial charge in [-0.1, -0.05) is 6.92 Å². The molecular weight excluding hydrogens is 628 g/mol. The molecule has 1 heterocycles. The number of aliphatic hydroxyl groups excluding tert-OH is 2. The van der Waals surface area contributed by atoms with E-state index in [1.54, 1.807) is 19.9 Å². The Morgan fingerprint density at radius 2 is 1.56 bits per heavy atom. The van der Waals surface area contributed by atoms with Crippen molar-refractivity contribution in [2.75, 3.05) is 0 Å². The number of hydrogen-bond donors (Lipinski definition) is 6. The highest BCUT2D eigenvalue weighted by Gasteiger charge is 2.86. The fourth-order valence-corrected chi connectivity index (χ4v) is 12.1. The van der Waals surface area contributed by atoms with Gasteiger partial charge in [0.05, 0.1) is 39.7 Å². The lowest BCUT2D eigenvalue weighted by molar-refractivity contribution is -0.245. The van der Waals surface area contributed by atoms with Crippen LogP contribution in [0, 0.1) is 51.2 Å². The van der Waals surface area contributed by atoms with Crippen molar-refractivity contribution in [3.63, 3.8) is 0 Å².